The van der Waals surface area contributed by atoms with Gasteiger partial charge in [-0.3, -0.25) is 0 Å². The van der Waals surface area contributed by atoms with Crippen LogP contribution in [0.25, 0.3) is 0 Å². The second-order valence-electron chi connectivity index (χ2n) is 2.70. The summed E-state index contributed by atoms with van der Waals surface area (Å²) in [4.78, 5) is 10.5. The molecule has 3 nitrogen and oxygen atoms in total. The van der Waals surface area contributed by atoms with E-state index >= 15 is 0 Å². The van der Waals surface area contributed by atoms with Crippen LogP contribution in [0.15, 0.2) is 24.3 Å². The predicted molar refractivity (Wildman–Crippen MR) is 51.9 cm³/mol. The zero-order valence-corrected chi connectivity index (χ0v) is 7.56. The van der Waals surface area contributed by atoms with Crippen molar-refractivity contribution in [3.63, 3.8) is 0 Å². The minimum absolute atomic E-state index is 0.265. The lowest BCUT2D eigenvalue weighted by Gasteiger charge is -2.01. The maximum atomic E-state index is 10.5. The Kier molecular flexibility index (Phi) is 3.71. The second-order valence-corrected chi connectivity index (χ2v) is 2.70. The summed E-state index contributed by atoms with van der Waals surface area (Å²) in [6.07, 6.45) is 5.00. The summed E-state index contributed by atoms with van der Waals surface area (Å²) in [6.45, 7) is 0.671. The molecule has 0 aliphatic heterocycles. The first kappa shape index (κ1) is 10.3. The fourth-order valence-electron chi connectivity index (χ4n) is 0.971. The SMILES string of the molecule is C#CCOCc1ccc(C(=O)O)cc1. The number of rotatable bonds is 4. The molecule has 14 heavy (non-hydrogen) atoms. The third-order valence-corrected chi connectivity index (χ3v) is 1.66. The molecule has 1 aromatic rings. The highest BCUT2D eigenvalue weighted by atomic mass is 16.5. The highest BCUT2D eigenvalue weighted by molar-refractivity contribution is 5.87. The molecule has 72 valence electrons. The molecule has 0 unspecified atom stereocenters. The van der Waals surface area contributed by atoms with Crippen LogP contribution in [0, 0.1) is 12.3 Å². The first-order valence-electron chi connectivity index (χ1n) is 4.07. The molecular formula is C11H10O3. The standard InChI is InChI=1S/C11H10O3/c1-2-7-14-8-9-3-5-10(6-4-9)11(12)13/h1,3-6H,7-8H2,(H,12,13). The van der Waals surface area contributed by atoms with E-state index in [-0.39, 0.29) is 12.2 Å². The Morgan fingerprint density at radius 3 is 2.57 bits per heavy atom. The van der Waals surface area contributed by atoms with Gasteiger partial charge in [-0.15, -0.1) is 6.42 Å². The molecule has 0 saturated heterocycles. The predicted octanol–water partition coefficient (Wildman–Crippen LogP) is 1.53. The Bertz CT molecular complexity index is 346. The highest BCUT2D eigenvalue weighted by Crippen LogP contribution is 2.05. The van der Waals surface area contributed by atoms with Gasteiger partial charge in [-0.2, -0.15) is 0 Å². The molecule has 0 saturated carbocycles. The lowest BCUT2D eigenvalue weighted by Crippen LogP contribution is -1.97. The molecule has 0 fully saturated rings. The number of aromatic carboxylic acids is 1. The van der Waals surface area contributed by atoms with Crippen molar-refractivity contribution in [1.29, 1.82) is 0 Å². The summed E-state index contributed by atoms with van der Waals surface area (Å²) >= 11 is 0. The summed E-state index contributed by atoms with van der Waals surface area (Å²) in [5.74, 6) is 1.42. The Morgan fingerprint density at radius 1 is 1.43 bits per heavy atom. The molecule has 0 spiro atoms. The van der Waals surface area contributed by atoms with E-state index < -0.39 is 5.97 Å². The van der Waals surface area contributed by atoms with E-state index in [0.29, 0.717) is 6.61 Å². The van der Waals surface area contributed by atoms with Crippen molar-refractivity contribution in [2.24, 2.45) is 0 Å². The first-order chi connectivity index (χ1) is 6.74. The van der Waals surface area contributed by atoms with E-state index in [1.54, 1.807) is 12.1 Å². The van der Waals surface area contributed by atoms with Crippen molar-refractivity contribution in [2.45, 2.75) is 6.61 Å². The van der Waals surface area contributed by atoms with Gasteiger partial charge >= 0.3 is 5.97 Å². The average Bonchev–Trinajstić information content (AvgIpc) is 2.19. The van der Waals surface area contributed by atoms with Gasteiger partial charge in [0.25, 0.3) is 0 Å². The molecule has 0 aliphatic carbocycles. The third-order valence-electron chi connectivity index (χ3n) is 1.66. The van der Waals surface area contributed by atoms with Crippen molar-refractivity contribution in [3.8, 4) is 12.3 Å². The Balaban J connectivity index is 2.56. The smallest absolute Gasteiger partial charge is 0.335 e. The van der Waals surface area contributed by atoms with Gasteiger partial charge in [-0.1, -0.05) is 18.1 Å². The molecule has 0 aliphatic rings. The van der Waals surface area contributed by atoms with Crippen LogP contribution in [0.2, 0.25) is 0 Å². The van der Waals surface area contributed by atoms with E-state index in [4.69, 9.17) is 16.3 Å². The van der Waals surface area contributed by atoms with Gasteiger partial charge in [0.1, 0.15) is 6.61 Å². The minimum Gasteiger partial charge on any atom is -0.478 e. The number of terminal acetylenes is 1. The maximum absolute atomic E-state index is 10.5. The lowest BCUT2D eigenvalue weighted by molar-refractivity contribution is 0.0696. The van der Waals surface area contributed by atoms with Crippen LogP contribution in [0.1, 0.15) is 15.9 Å². The molecule has 0 amide bonds. The van der Waals surface area contributed by atoms with Crippen LogP contribution >= 0.6 is 0 Å². The Morgan fingerprint density at radius 2 is 2.07 bits per heavy atom. The molecule has 3 heteroatoms. The molecule has 1 N–H and O–H groups in total. The van der Waals surface area contributed by atoms with Crippen molar-refractivity contribution in [1.82, 2.24) is 0 Å². The number of benzene rings is 1. The summed E-state index contributed by atoms with van der Waals surface area (Å²) < 4.78 is 5.09. The quantitative estimate of drug-likeness (QED) is 0.578. The van der Waals surface area contributed by atoms with E-state index in [1.165, 1.54) is 12.1 Å². The minimum atomic E-state index is -0.930. The van der Waals surface area contributed by atoms with E-state index in [9.17, 15) is 4.79 Å². The van der Waals surface area contributed by atoms with Crippen LogP contribution in [-0.2, 0) is 11.3 Å². The van der Waals surface area contributed by atoms with Gasteiger partial charge in [0, 0.05) is 0 Å². The van der Waals surface area contributed by atoms with Crippen molar-refractivity contribution >= 4 is 5.97 Å². The fraction of sp³-hybridized carbons (Fsp3) is 0.182. The zero-order valence-electron chi connectivity index (χ0n) is 7.56. The molecule has 0 heterocycles. The van der Waals surface area contributed by atoms with Gasteiger partial charge < -0.3 is 9.84 Å². The number of carboxylic acids is 1. The van der Waals surface area contributed by atoms with Crippen LogP contribution in [-0.4, -0.2) is 17.7 Å². The summed E-state index contributed by atoms with van der Waals surface area (Å²) in [5, 5.41) is 8.63. The average molecular weight is 190 g/mol. The van der Waals surface area contributed by atoms with Crippen LogP contribution in [0.3, 0.4) is 0 Å². The van der Waals surface area contributed by atoms with Crippen LogP contribution in [0.5, 0.6) is 0 Å². The van der Waals surface area contributed by atoms with Crippen molar-refractivity contribution in [2.75, 3.05) is 6.61 Å². The van der Waals surface area contributed by atoms with E-state index in [0.717, 1.165) is 5.56 Å². The molecule has 0 aromatic heterocycles. The number of hydrogen-bond acceptors (Lipinski definition) is 2. The molecule has 0 bridgehead atoms. The molecule has 1 rings (SSSR count). The molecule has 1 aromatic carbocycles. The fourth-order valence-corrected chi connectivity index (χ4v) is 0.971. The number of carbonyl (C=O) groups is 1. The first-order valence-corrected chi connectivity index (χ1v) is 4.07. The summed E-state index contributed by atoms with van der Waals surface area (Å²) in [5.41, 5.74) is 1.18. The Labute approximate surface area is 82.3 Å². The van der Waals surface area contributed by atoms with Crippen LogP contribution < -0.4 is 0 Å². The van der Waals surface area contributed by atoms with Crippen LogP contribution in [0.4, 0.5) is 0 Å². The monoisotopic (exact) mass is 190 g/mol. The number of hydrogen-bond donors (Lipinski definition) is 1. The summed E-state index contributed by atoms with van der Waals surface area (Å²) in [6, 6.07) is 6.49. The highest BCUT2D eigenvalue weighted by Gasteiger charge is 2.00. The normalized spacial score (nSPS) is 9.36. The molecule has 0 radical (unpaired) electrons. The van der Waals surface area contributed by atoms with Gasteiger partial charge in [0.05, 0.1) is 12.2 Å². The molecular weight excluding hydrogens is 180 g/mol. The van der Waals surface area contributed by atoms with Crippen molar-refractivity contribution < 1.29 is 14.6 Å². The third kappa shape index (κ3) is 2.92. The van der Waals surface area contributed by atoms with Crippen molar-refractivity contribution in [3.05, 3.63) is 35.4 Å². The largest absolute Gasteiger partial charge is 0.478 e. The van der Waals surface area contributed by atoms with Gasteiger partial charge in [-0.05, 0) is 17.7 Å². The molecule has 0 atom stereocenters. The summed E-state index contributed by atoms with van der Waals surface area (Å²) in [7, 11) is 0. The topological polar surface area (TPSA) is 46.5 Å². The van der Waals surface area contributed by atoms with Gasteiger partial charge in [0.2, 0.25) is 0 Å². The second kappa shape index (κ2) is 5.05. The van der Waals surface area contributed by atoms with Gasteiger partial charge in [-0.25, -0.2) is 4.79 Å². The Hall–Kier alpha value is -1.79. The number of carboxylic acid groups (broad SMARTS) is 1. The van der Waals surface area contributed by atoms with Gasteiger partial charge in [0.15, 0.2) is 0 Å². The number of ether oxygens (including phenoxy) is 1. The van der Waals surface area contributed by atoms with E-state index in [2.05, 4.69) is 5.92 Å². The maximum Gasteiger partial charge on any atom is 0.335 e. The zero-order chi connectivity index (χ0) is 10.4. The lowest BCUT2D eigenvalue weighted by atomic mass is 10.1. The van der Waals surface area contributed by atoms with E-state index in [1.807, 2.05) is 0 Å².